The molecule has 1 heterocycles. The molecule has 0 atom stereocenters. The van der Waals surface area contributed by atoms with Crippen LogP contribution in [0.15, 0.2) is 12.4 Å². The molecule has 1 N–H and O–H groups in total. The summed E-state index contributed by atoms with van der Waals surface area (Å²) >= 11 is 0. The quantitative estimate of drug-likeness (QED) is 0.853. The van der Waals surface area contributed by atoms with Crippen molar-refractivity contribution in [2.75, 3.05) is 18.4 Å². The van der Waals surface area contributed by atoms with Crippen LogP contribution in [0.3, 0.4) is 0 Å². The summed E-state index contributed by atoms with van der Waals surface area (Å²) < 4.78 is 0. The van der Waals surface area contributed by atoms with E-state index in [1.165, 1.54) is 12.8 Å². The van der Waals surface area contributed by atoms with Gasteiger partial charge < -0.3 is 10.2 Å². The molecule has 2 rings (SSSR count). The zero-order chi connectivity index (χ0) is 13.8. The van der Waals surface area contributed by atoms with Crippen LogP contribution < -0.4 is 5.32 Å². The van der Waals surface area contributed by atoms with Crippen molar-refractivity contribution in [3.05, 3.63) is 18.1 Å². The third kappa shape index (κ3) is 3.66. The van der Waals surface area contributed by atoms with Crippen LogP contribution in [-0.2, 0) is 0 Å². The molecular formula is C14H22N4O. The van der Waals surface area contributed by atoms with Gasteiger partial charge in [0.2, 0.25) is 0 Å². The van der Waals surface area contributed by atoms with E-state index in [0.717, 1.165) is 13.1 Å². The highest BCUT2D eigenvalue weighted by molar-refractivity contribution is 5.92. The van der Waals surface area contributed by atoms with Crippen LogP contribution >= 0.6 is 0 Å². The van der Waals surface area contributed by atoms with Crippen LogP contribution in [0.2, 0.25) is 0 Å². The van der Waals surface area contributed by atoms with E-state index in [0.29, 0.717) is 17.4 Å². The summed E-state index contributed by atoms with van der Waals surface area (Å²) in [6.07, 6.45) is 5.66. The Morgan fingerprint density at radius 3 is 2.79 bits per heavy atom. The molecule has 5 heteroatoms. The second-order valence-corrected chi connectivity index (χ2v) is 5.31. The number of anilines is 1. The summed E-state index contributed by atoms with van der Waals surface area (Å²) in [6.45, 7) is 7.68. The van der Waals surface area contributed by atoms with Crippen molar-refractivity contribution in [2.45, 2.75) is 39.7 Å². The van der Waals surface area contributed by atoms with E-state index in [1.54, 1.807) is 12.4 Å². The van der Waals surface area contributed by atoms with Gasteiger partial charge in [-0.3, -0.25) is 9.78 Å². The second kappa shape index (κ2) is 5.99. The van der Waals surface area contributed by atoms with Crippen LogP contribution in [0.25, 0.3) is 0 Å². The molecule has 1 aliphatic rings. The summed E-state index contributed by atoms with van der Waals surface area (Å²) in [5.41, 5.74) is 0.424. The molecule has 0 saturated heterocycles. The highest BCUT2D eigenvalue weighted by atomic mass is 16.2. The van der Waals surface area contributed by atoms with Crippen molar-refractivity contribution in [1.82, 2.24) is 14.9 Å². The second-order valence-electron chi connectivity index (χ2n) is 5.31. The zero-order valence-corrected chi connectivity index (χ0v) is 11.9. The van der Waals surface area contributed by atoms with Gasteiger partial charge >= 0.3 is 0 Å². The fourth-order valence-corrected chi connectivity index (χ4v) is 1.99. The molecule has 0 radical (unpaired) electrons. The molecule has 0 aromatic carbocycles. The maximum absolute atomic E-state index is 12.5. The summed E-state index contributed by atoms with van der Waals surface area (Å²) in [5.74, 6) is 1.31. The Kier molecular flexibility index (Phi) is 4.35. The monoisotopic (exact) mass is 262 g/mol. The number of amides is 1. The fourth-order valence-electron chi connectivity index (χ4n) is 1.99. The van der Waals surface area contributed by atoms with Gasteiger partial charge in [0.25, 0.3) is 5.91 Å². The van der Waals surface area contributed by atoms with Crippen molar-refractivity contribution in [3.8, 4) is 0 Å². The third-order valence-corrected chi connectivity index (χ3v) is 3.25. The Morgan fingerprint density at radius 1 is 1.47 bits per heavy atom. The molecular weight excluding hydrogens is 240 g/mol. The van der Waals surface area contributed by atoms with Crippen molar-refractivity contribution < 1.29 is 4.79 Å². The van der Waals surface area contributed by atoms with E-state index >= 15 is 0 Å². The SMILES string of the molecule is CCNc1cncc(C(=O)N(CC2CC2)C(C)C)n1. The van der Waals surface area contributed by atoms with E-state index in [-0.39, 0.29) is 11.9 Å². The largest absolute Gasteiger partial charge is 0.369 e. The molecule has 1 aliphatic carbocycles. The first-order valence-electron chi connectivity index (χ1n) is 6.98. The predicted octanol–water partition coefficient (Wildman–Crippen LogP) is 2.17. The van der Waals surface area contributed by atoms with Crippen LogP contribution in [0.4, 0.5) is 5.82 Å². The van der Waals surface area contributed by atoms with Crippen molar-refractivity contribution in [3.63, 3.8) is 0 Å². The molecule has 0 bridgehead atoms. The molecule has 0 aliphatic heterocycles. The van der Waals surface area contributed by atoms with Crippen molar-refractivity contribution >= 4 is 11.7 Å². The normalized spacial score (nSPS) is 14.5. The van der Waals surface area contributed by atoms with Crippen LogP contribution in [0.1, 0.15) is 44.1 Å². The minimum Gasteiger partial charge on any atom is -0.369 e. The number of nitrogens with zero attached hydrogens (tertiary/aromatic N) is 3. The highest BCUT2D eigenvalue weighted by Crippen LogP contribution is 2.30. The lowest BCUT2D eigenvalue weighted by Gasteiger charge is -2.26. The lowest BCUT2D eigenvalue weighted by atomic mass is 10.2. The maximum atomic E-state index is 12.5. The standard InChI is InChI=1S/C14H22N4O/c1-4-16-13-8-15-7-12(17-13)14(19)18(10(2)3)9-11-5-6-11/h7-8,10-11H,4-6,9H2,1-3H3,(H,16,17). The molecule has 1 fully saturated rings. The maximum Gasteiger partial charge on any atom is 0.274 e. The first kappa shape index (κ1) is 13.8. The average Bonchev–Trinajstić information content (AvgIpc) is 3.19. The Balaban J connectivity index is 2.12. The van der Waals surface area contributed by atoms with Gasteiger partial charge in [-0.05, 0) is 39.5 Å². The van der Waals surface area contributed by atoms with Gasteiger partial charge in [0, 0.05) is 19.1 Å². The number of carbonyl (C=O) groups is 1. The Hall–Kier alpha value is -1.65. The fraction of sp³-hybridized carbons (Fsp3) is 0.643. The Bertz CT molecular complexity index is 443. The summed E-state index contributed by atoms with van der Waals surface area (Å²) in [6, 6.07) is 0.192. The minimum atomic E-state index is -0.0193. The number of aromatic nitrogens is 2. The number of hydrogen-bond donors (Lipinski definition) is 1. The third-order valence-electron chi connectivity index (χ3n) is 3.25. The van der Waals surface area contributed by atoms with E-state index in [1.807, 2.05) is 25.7 Å². The summed E-state index contributed by atoms with van der Waals surface area (Å²) in [7, 11) is 0. The molecule has 1 aromatic rings. The van der Waals surface area contributed by atoms with E-state index in [2.05, 4.69) is 15.3 Å². The first-order valence-corrected chi connectivity index (χ1v) is 6.98. The molecule has 5 nitrogen and oxygen atoms in total. The van der Waals surface area contributed by atoms with Gasteiger partial charge in [-0.2, -0.15) is 0 Å². The average molecular weight is 262 g/mol. The molecule has 1 saturated carbocycles. The van der Waals surface area contributed by atoms with E-state index in [9.17, 15) is 4.79 Å². The molecule has 104 valence electrons. The number of carbonyl (C=O) groups excluding carboxylic acids is 1. The molecule has 19 heavy (non-hydrogen) atoms. The highest BCUT2D eigenvalue weighted by Gasteiger charge is 2.29. The van der Waals surface area contributed by atoms with Crippen LogP contribution in [-0.4, -0.2) is 39.9 Å². The molecule has 1 aromatic heterocycles. The van der Waals surface area contributed by atoms with Gasteiger partial charge in [0.05, 0.1) is 12.4 Å². The molecule has 0 spiro atoms. The van der Waals surface area contributed by atoms with Gasteiger partial charge in [0.1, 0.15) is 11.5 Å². The molecule has 0 unspecified atom stereocenters. The van der Waals surface area contributed by atoms with Gasteiger partial charge in [0.15, 0.2) is 0 Å². The Labute approximate surface area is 114 Å². The van der Waals surface area contributed by atoms with Crippen molar-refractivity contribution in [1.29, 1.82) is 0 Å². The van der Waals surface area contributed by atoms with Gasteiger partial charge in [-0.1, -0.05) is 0 Å². The predicted molar refractivity (Wildman–Crippen MR) is 75.1 cm³/mol. The van der Waals surface area contributed by atoms with Crippen LogP contribution in [0.5, 0.6) is 0 Å². The van der Waals surface area contributed by atoms with Gasteiger partial charge in [-0.15, -0.1) is 0 Å². The zero-order valence-electron chi connectivity index (χ0n) is 11.9. The first-order chi connectivity index (χ1) is 9.11. The van der Waals surface area contributed by atoms with Crippen molar-refractivity contribution in [2.24, 2.45) is 5.92 Å². The summed E-state index contributed by atoms with van der Waals surface area (Å²) in [5, 5.41) is 3.08. The molecule has 1 amide bonds. The summed E-state index contributed by atoms with van der Waals surface area (Å²) in [4.78, 5) is 22.8. The smallest absolute Gasteiger partial charge is 0.274 e. The number of hydrogen-bond acceptors (Lipinski definition) is 4. The van der Waals surface area contributed by atoms with Crippen LogP contribution in [0, 0.1) is 5.92 Å². The Morgan fingerprint density at radius 2 is 2.21 bits per heavy atom. The van der Waals surface area contributed by atoms with Gasteiger partial charge in [-0.25, -0.2) is 4.98 Å². The lowest BCUT2D eigenvalue weighted by Crippen LogP contribution is -2.39. The number of rotatable bonds is 6. The topological polar surface area (TPSA) is 58.1 Å². The minimum absolute atomic E-state index is 0.0193. The lowest BCUT2D eigenvalue weighted by molar-refractivity contribution is 0.0690. The van der Waals surface area contributed by atoms with E-state index in [4.69, 9.17) is 0 Å². The number of nitrogens with one attached hydrogen (secondary N) is 1. The van der Waals surface area contributed by atoms with E-state index < -0.39 is 0 Å².